The lowest BCUT2D eigenvalue weighted by molar-refractivity contribution is -0.137. The summed E-state index contributed by atoms with van der Waals surface area (Å²) in [5.74, 6) is 0.582. The third-order valence-electron chi connectivity index (χ3n) is 2.69. The van der Waals surface area contributed by atoms with E-state index in [0.29, 0.717) is 6.61 Å². The maximum absolute atomic E-state index is 10.8. The van der Waals surface area contributed by atoms with Crippen molar-refractivity contribution in [1.29, 1.82) is 0 Å². The zero-order valence-electron chi connectivity index (χ0n) is 10.7. The van der Waals surface area contributed by atoms with E-state index in [2.05, 4.69) is 36.9 Å². The van der Waals surface area contributed by atoms with Crippen molar-refractivity contribution in [1.82, 2.24) is 0 Å². The number of benzene rings is 2. The van der Waals surface area contributed by atoms with Gasteiger partial charge in [0.15, 0.2) is 0 Å². The molecule has 0 bridgehead atoms. The molecule has 0 unspecified atom stereocenters. The molecule has 2 nitrogen and oxygen atoms in total. The Morgan fingerprint density at radius 1 is 1.21 bits per heavy atom. The fraction of sp³-hybridized carbons (Fsp3) is 0.188. The van der Waals surface area contributed by atoms with Crippen molar-refractivity contribution in [3.05, 3.63) is 55.1 Å². The van der Waals surface area contributed by atoms with Crippen LogP contribution in [0.2, 0.25) is 0 Å². The number of ether oxygens (including phenoxy) is 1. The van der Waals surface area contributed by atoms with Gasteiger partial charge in [-0.3, -0.25) is 0 Å². The smallest absolute Gasteiger partial charge is 0.330 e. The summed E-state index contributed by atoms with van der Waals surface area (Å²) in [6.45, 7) is 3.81. The second-order valence-corrected chi connectivity index (χ2v) is 5.25. The molecule has 3 heteroatoms. The monoisotopic (exact) mass is 272 g/mol. The zero-order chi connectivity index (χ0) is 13.5. The number of thioether (sulfide) groups is 1. The highest BCUT2D eigenvalue weighted by Crippen LogP contribution is 2.23. The molecule has 0 saturated heterocycles. The molecule has 2 aromatic rings. The zero-order valence-corrected chi connectivity index (χ0v) is 11.5. The molecule has 98 valence electrons. The maximum Gasteiger partial charge on any atom is 0.330 e. The van der Waals surface area contributed by atoms with Crippen LogP contribution >= 0.6 is 11.8 Å². The van der Waals surface area contributed by atoms with E-state index >= 15 is 0 Å². The van der Waals surface area contributed by atoms with Crippen molar-refractivity contribution in [2.24, 2.45) is 0 Å². The molecule has 0 radical (unpaired) electrons. The van der Waals surface area contributed by atoms with Crippen molar-refractivity contribution in [3.8, 4) is 0 Å². The topological polar surface area (TPSA) is 26.3 Å². The van der Waals surface area contributed by atoms with Crippen molar-refractivity contribution >= 4 is 28.5 Å². The van der Waals surface area contributed by atoms with Gasteiger partial charge in [-0.05, 0) is 29.3 Å². The van der Waals surface area contributed by atoms with Gasteiger partial charge in [0.25, 0.3) is 0 Å². The van der Waals surface area contributed by atoms with Crippen LogP contribution in [0.25, 0.3) is 10.8 Å². The number of hydrogen-bond donors (Lipinski definition) is 0. The van der Waals surface area contributed by atoms with Gasteiger partial charge in [-0.2, -0.15) is 0 Å². The molecule has 0 aliphatic heterocycles. The summed E-state index contributed by atoms with van der Waals surface area (Å²) in [6, 6.07) is 14.8. The molecule has 19 heavy (non-hydrogen) atoms. The van der Waals surface area contributed by atoms with E-state index in [1.54, 1.807) is 11.8 Å². The average Bonchev–Trinajstić information content (AvgIpc) is 2.46. The molecule has 0 N–H and O–H groups in total. The van der Waals surface area contributed by atoms with Gasteiger partial charge in [0, 0.05) is 16.7 Å². The predicted molar refractivity (Wildman–Crippen MR) is 80.4 cm³/mol. The molecule has 0 amide bonds. The summed E-state index contributed by atoms with van der Waals surface area (Å²) in [7, 11) is 0. The number of fused-ring (bicyclic) bond motifs is 1. The van der Waals surface area contributed by atoms with Crippen LogP contribution in [0.15, 0.2) is 60.0 Å². The van der Waals surface area contributed by atoms with E-state index in [-0.39, 0.29) is 5.97 Å². The Bertz CT molecular complexity index is 578. The van der Waals surface area contributed by atoms with Crippen LogP contribution < -0.4 is 0 Å². The largest absolute Gasteiger partial charge is 0.463 e. The summed E-state index contributed by atoms with van der Waals surface area (Å²) >= 11 is 1.78. The first-order valence-corrected chi connectivity index (χ1v) is 7.19. The number of esters is 1. The molecule has 2 aromatic carbocycles. The third kappa shape index (κ3) is 4.14. The van der Waals surface area contributed by atoms with Crippen LogP contribution in [0.5, 0.6) is 0 Å². The minimum Gasteiger partial charge on any atom is -0.463 e. The van der Waals surface area contributed by atoms with Crippen molar-refractivity contribution in [2.75, 3.05) is 12.4 Å². The second kappa shape index (κ2) is 7.00. The lowest BCUT2D eigenvalue weighted by Crippen LogP contribution is -2.02. The summed E-state index contributed by atoms with van der Waals surface area (Å²) in [5, 5.41) is 2.51. The van der Waals surface area contributed by atoms with E-state index < -0.39 is 0 Å². The molecule has 0 aliphatic rings. The predicted octanol–water partition coefficient (Wildman–Crippen LogP) is 4.05. The molecular weight excluding hydrogens is 256 g/mol. The standard InChI is InChI=1S/C16H16O2S/c1-2-16(17)18-10-5-11-19-15-9-8-13-6-3-4-7-14(13)12-15/h2-4,6-9,12H,1,5,10-11H2. The Kier molecular flexibility index (Phi) is 5.04. The lowest BCUT2D eigenvalue weighted by atomic mass is 10.1. The second-order valence-electron chi connectivity index (χ2n) is 4.08. The van der Waals surface area contributed by atoms with Gasteiger partial charge in [0.1, 0.15) is 0 Å². The van der Waals surface area contributed by atoms with Gasteiger partial charge >= 0.3 is 5.97 Å². The number of hydrogen-bond acceptors (Lipinski definition) is 3. The summed E-state index contributed by atoms with van der Waals surface area (Å²) < 4.78 is 4.93. The molecule has 0 fully saturated rings. The SMILES string of the molecule is C=CC(=O)OCCCSc1ccc2ccccc2c1. The quantitative estimate of drug-likeness (QED) is 0.343. The molecule has 0 spiro atoms. The van der Waals surface area contributed by atoms with Gasteiger partial charge in [0.05, 0.1) is 6.61 Å². The highest BCUT2D eigenvalue weighted by Gasteiger charge is 1.98. The Balaban J connectivity index is 1.81. The first-order valence-electron chi connectivity index (χ1n) is 6.20. The van der Waals surface area contributed by atoms with Crippen molar-refractivity contribution in [3.63, 3.8) is 0 Å². The van der Waals surface area contributed by atoms with Gasteiger partial charge < -0.3 is 4.74 Å². The minimum absolute atomic E-state index is 0.351. The average molecular weight is 272 g/mol. The summed E-state index contributed by atoms with van der Waals surface area (Å²) in [5.41, 5.74) is 0. The first-order chi connectivity index (χ1) is 9.29. The molecule has 2 rings (SSSR count). The van der Waals surface area contributed by atoms with E-state index in [4.69, 9.17) is 4.74 Å². The molecular formula is C16H16O2S. The number of carbonyl (C=O) groups is 1. The number of rotatable bonds is 6. The first kappa shape index (κ1) is 13.7. The Morgan fingerprint density at radius 2 is 2.00 bits per heavy atom. The van der Waals surface area contributed by atoms with E-state index in [0.717, 1.165) is 12.2 Å². The third-order valence-corrected chi connectivity index (χ3v) is 3.77. The highest BCUT2D eigenvalue weighted by molar-refractivity contribution is 7.99. The highest BCUT2D eigenvalue weighted by atomic mass is 32.2. The van der Waals surface area contributed by atoms with Crippen LogP contribution in [0.3, 0.4) is 0 Å². The Labute approximate surface area is 117 Å². The van der Waals surface area contributed by atoms with Gasteiger partial charge in [-0.15, -0.1) is 11.8 Å². The summed E-state index contributed by atoms with van der Waals surface area (Å²) in [4.78, 5) is 12.1. The molecule has 0 aromatic heterocycles. The molecule has 0 saturated carbocycles. The van der Waals surface area contributed by atoms with Crippen LogP contribution in [-0.2, 0) is 9.53 Å². The van der Waals surface area contributed by atoms with E-state index in [1.807, 2.05) is 12.1 Å². The van der Waals surface area contributed by atoms with Gasteiger partial charge in [0.2, 0.25) is 0 Å². The maximum atomic E-state index is 10.8. The molecule has 0 heterocycles. The van der Waals surface area contributed by atoms with Gasteiger partial charge in [-0.25, -0.2) is 4.79 Å². The van der Waals surface area contributed by atoms with Crippen molar-refractivity contribution in [2.45, 2.75) is 11.3 Å². The lowest BCUT2D eigenvalue weighted by Gasteiger charge is -2.04. The number of carbonyl (C=O) groups excluding carboxylic acids is 1. The van der Waals surface area contributed by atoms with E-state index in [9.17, 15) is 4.79 Å². The fourth-order valence-corrected chi connectivity index (χ4v) is 2.61. The van der Waals surface area contributed by atoms with Crippen LogP contribution in [0.4, 0.5) is 0 Å². The van der Waals surface area contributed by atoms with E-state index in [1.165, 1.54) is 21.7 Å². The van der Waals surface area contributed by atoms with Crippen molar-refractivity contribution < 1.29 is 9.53 Å². The Hall–Kier alpha value is -1.74. The molecule has 0 aliphatic carbocycles. The Morgan fingerprint density at radius 3 is 2.79 bits per heavy atom. The van der Waals surface area contributed by atoms with Crippen LogP contribution in [0, 0.1) is 0 Å². The van der Waals surface area contributed by atoms with Crippen LogP contribution in [0.1, 0.15) is 6.42 Å². The minimum atomic E-state index is -0.351. The van der Waals surface area contributed by atoms with Crippen LogP contribution in [-0.4, -0.2) is 18.3 Å². The van der Waals surface area contributed by atoms with Gasteiger partial charge in [-0.1, -0.05) is 36.9 Å². The fourth-order valence-electron chi connectivity index (χ4n) is 1.74. The summed E-state index contributed by atoms with van der Waals surface area (Å²) in [6.07, 6.45) is 2.04. The normalized spacial score (nSPS) is 10.3. The molecule has 0 atom stereocenters.